The molecule has 0 spiro atoms. The molecule has 0 unspecified atom stereocenters. The molecule has 0 aliphatic rings. The van der Waals surface area contributed by atoms with Gasteiger partial charge in [-0.25, -0.2) is 0 Å². The van der Waals surface area contributed by atoms with Gasteiger partial charge < -0.3 is 0 Å². The maximum absolute atomic E-state index is 4.17. The molecule has 0 aliphatic carbocycles. The summed E-state index contributed by atoms with van der Waals surface area (Å²) < 4.78 is 0. The lowest BCUT2D eigenvalue weighted by molar-refractivity contribution is 1.14. The zero-order valence-electron chi connectivity index (χ0n) is 14.0. The molecule has 0 amide bonds. The molecule has 0 N–H and O–H groups in total. The molecule has 0 fully saturated rings. The lowest BCUT2D eigenvalue weighted by atomic mass is 9.91. The first kappa shape index (κ1) is 20.7. The molecule has 0 nitrogen and oxygen atoms in total. The molecule has 0 heterocycles. The van der Waals surface area contributed by atoms with Crippen LogP contribution in [-0.2, 0) is 6.42 Å². The first-order valence-corrected chi connectivity index (χ1v) is 7.93. The number of hydrogen-bond acceptors (Lipinski definition) is 0. The maximum Gasteiger partial charge on any atom is -0.0103 e. The Hall–Kier alpha value is -2.34. The normalized spacial score (nSPS) is 9.52. The van der Waals surface area contributed by atoms with Gasteiger partial charge in [-0.15, -0.1) is 0 Å². The molecule has 0 aromatic heterocycles. The van der Waals surface area contributed by atoms with Crippen LogP contribution in [0.15, 0.2) is 79.9 Å². The van der Waals surface area contributed by atoms with Gasteiger partial charge >= 0.3 is 0 Å². The zero-order valence-corrected chi connectivity index (χ0v) is 14.0. The van der Waals surface area contributed by atoms with Gasteiger partial charge in [0.05, 0.1) is 0 Å². The van der Waals surface area contributed by atoms with Crippen molar-refractivity contribution in [1.29, 1.82) is 0 Å². The summed E-state index contributed by atoms with van der Waals surface area (Å²) in [6, 6.07) is 17.0. The Morgan fingerprint density at radius 1 is 0.957 bits per heavy atom. The van der Waals surface area contributed by atoms with E-state index in [1.165, 1.54) is 22.3 Å². The van der Waals surface area contributed by atoms with E-state index in [0.29, 0.717) is 0 Å². The van der Waals surface area contributed by atoms with E-state index >= 15 is 0 Å². The Kier molecular flexibility index (Phi) is 10.1. The average Bonchev–Trinajstić information content (AvgIpc) is 2.61. The predicted octanol–water partition coefficient (Wildman–Crippen LogP) is 7.33. The number of benzene rings is 2. The number of allylic oxidation sites excluding steroid dienone is 4. The summed E-state index contributed by atoms with van der Waals surface area (Å²) in [7, 11) is 0. The van der Waals surface area contributed by atoms with Crippen LogP contribution in [0.3, 0.4) is 0 Å². The van der Waals surface area contributed by atoms with Crippen LogP contribution in [0, 0.1) is 0 Å². The van der Waals surface area contributed by atoms with Crippen molar-refractivity contribution in [2.75, 3.05) is 0 Å². The van der Waals surface area contributed by atoms with Crippen LogP contribution in [-0.4, -0.2) is 0 Å². The van der Waals surface area contributed by atoms with Gasteiger partial charge in [-0.2, -0.15) is 0 Å². The third-order valence-corrected chi connectivity index (χ3v) is 3.39. The van der Waals surface area contributed by atoms with Crippen molar-refractivity contribution in [2.24, 2.45) is 0 Å². The van der Waals surface area contributed by atoms with Crippen molar-refractivity contribution in [3.8, 4) is 11.1 Å². The van der Waals surface area contributed by atoms with E-state index < -0.39 is 0 Å². The minimum Gasteiger partial charge on any atom is -0.0991 e. The third kappa shape index (κ3) is 5.41. The second-order valence-corrected chi connectivity index (χ2v) is 4.68. The van der Waals surface area contributed by atoms with Crippen molar-refractivity contribution in [3.05, 3.63) is 91.0 Å². The Balaban J connectivity index is 0.00000155. The van der Waals surface area contributed by atoms with Crippen LogP contribution in [0.4, 0.5) is 0 Å². The van der Waals surface area contributed by atoms with Gasteiger partial charge in [0.2, 0.25) is 0 Å². The molecule has 122 valence electrons. The van der Waals surface area contributed by atoms with Gasteiger partial charge in [-0.05, 0) is 34.2 Å². The summed E-state index contributed by atoms with van der Waals surface area (Å²) >= 11 is 0. The standard InChI is InChI=1S/C20H20.C2H6.CH4/c1-4-6-11-16(3)18-13-9-10-15-20(18)19-14-8-7-12-17(19)5-2;1-2;/h4,6-15H,1,3,5H2,2H3;1-2H3;1H4/b11-6-;;. The van der Waals surface area contributed by atoms with Gasteiger partial charge in [0.15, 0.2) is 0 Å². The van der Waals surface area contributed by atoms with Gasteiger partial charge in [0.25, 0.3) is 0 Å². The summed E-state index contributed by atoms with van der Waals surface area (Å²) in [5.74, 6) is 0. The number of hydrogen-bond donors (Lipinski definition) is 0. The summed E-state index contributed by atoms with van der Waals surface area (Å²) in [5.41, 5.74) is 6.07. The molecule has 0 heteroatoms. The Morgan fingerprint density at radius 3 is 2.13 bits per heavy atom. The highest BCUT2D eigenvalue weighted by molar-refractivity contribution is 5.85. The molecule has 0 saturated carbocycles. The van der Waals surface area contributed by atoms with E-state index in [1.807, 2.05) is 26.0 Å². The molecule has 2 aromatic carbocycles. The smallest absolute Gasteiger partial charge is 0.0103 e. The first-order valence-electron chi connectivity index (χ1n) is 7.93. The highest BCUT2D eigenvalue weighted by Gasteiger charge is 2.08. The minimum absolute atomic E-state index is 0. The van der Waals surface area contributed by atoms with Gasteiger partial charge in [0, 0.05) is 0 Å². The van der Waals surface area contributed by atoms with Crippen molar-refractivity contribution >= 4 is 5.57 Å². The molecule has 2 aromatic rings. The third-order valence-electron chi connectivity index (χ3n) is 3.39. The van der Waals surface area contributed by atoms with E-state index in [1.54, 1.807) is 6.08 Å². The average molecular weight is 306 g/mol. The molecule has 0 saturated heterocycles. The van der Waals surface area contributed by atoms with E-state index in [0.717, 1.165) is 12.0 Å². The molecule has 0 atom stereocenters. The van der Waals surface area contributed by atoms with Crippen molar-refractivity contribution in [2.45, 2.75) is 34.6 Å². The lowest BCUT2D eigenvalue weighted by Gasteiger charge is -2.13. The van der Waals surface area contributed by atoms with Gasteiger partial charge in [-0.3, -0.25) is 0 Å². The SMILES string of the molecule is C.C=C/C=C\C(=C)c1ccccc1-c1ccccc1CC.CC. The van der Waals surface area contributed by atoms with Crippen LogP contribution in [0.25, 0.3) is 16.7 Å². The molecule has 0 bridgehead atoms. The molecular weight excluding hydrogens is 276 g/mol. The first-order chi connectivity index (χ1) is 10.8. The van der Waals surface area contributed by atoms with Crippen LogP contribution >= 0.6 is 0 Å². The Labute approximate surface area is 142 Å². The monoisotopic (exact) mass is 306 g/mol. The minimum atomic E-state index is 0. The van der Waals surface area contributed by atoms with Gasteiger partial charge in [0.1, 0.15) is 0 Å². The number of rotatable bonds is 5. The van der Waals surface area contributed by atoms with Crippen molar-refractivity contribution in [1.82, 2.24) is 0 Å². The fourth-order valence-electron chi connectivity index (χ4n) is 2.36. The van der Waals surface area contributed by atoms with Crippen LogP contribution in [0.1, 0.15) is 39.3 Å². The second kappa shape index (κ2) is 11.3. The lowest BCUT2D eigenvalue weighted by Crippen LogP contribution is -1.91. The maximum atomic E-state index is 4.17. The van der Waals surface area contributed by atoms with E-state index in [-0.39, 0.29) is 7.43 Å². The molecule has 0 radical (unpaired) electrons. The Bertz CT molecular complexity index is 645. The molecule has 23 heavy (non-hydrogen) atoms. The van der Waals surface area contributed by atoms with Gasteiger partial charge in [-0.1, -0.05) is 108 Å². The van der Waals surface area contributed by atoms with Crippen LogP contribution < -0.4 is 0 Å². The van der Waals surface area contributed by atoms with Crippen molar-refractivity contribution < 1.29 is 0 Å². The van der Waals surface area contributed by atoms with Crippen molar-refractivity contribution in [3.63, 3.8) is 0 Å². The predicted molar refractivity (Wildman–Crippen MR) is 108 cm³/mol. The Morgan fingerprint density at radius 2 is 1.52 bits per heavy atom. The summed E-state index contributed by atoms with van der Waals surface area (Å²) in [5, 5.41) is 0. The van der Waals surface area contributed by atoms with Crippen LogP contribution in [0.5, 0.6) is 0 Å². The molecule has 0 aliphatic heterocycles. The largest absolute Gasteiger partial charge is 0.0991 e. The van der Waals surface area contributed by atoms with E-state index in [2.05, 4.69) is 68.6 Å². The fourth-order valence-corrected chi connectivity index (χ4v) is 2.36. The highest BCUT2D eigenvalue weighted by Crippen LogP contribution is 2.31. The van der Waals surface area contributed by atoms with E-state index in [9.17, 15) is 0 Å². The summed E-state index contributed by atoms with van der Waals surface area (Å²) in [6.07, 6.45) is 6.72. The summed E-state index contributed by atoms with van der Waals surface area (Å²) in [4.78, 5) is 0. The second-order valence-electron chi connectivity index (χ2n) is 4.68. The number of aryl methyl sites for hydroxylation is 1. The highest BCUT2D eigenvalue weighted by atomic mass is 14.1. The topological polar surface area (TPSA) is 0 Å². The quantitative estimate of drug-likeness (QED) is 0.507. The molecular formula is C23H30. The fraction of sp³-hybridized carbons (Fsp3) is 0.217. The zero-order chi connectivity index (χ0) is 16.4. The summed E-state index contributed by atoms with van der Waals surface area (Å²) in [6.45, 7) is 14.1. The molecule has 2 rings (SSSR count). The van der Waals surface area contributed by atoms with E-state index in [4.69, 9.17) is 0 Å². The van der Waals surface area contributed by atoms with Crippen LogP contribution in [0.2, 0.25) is 0 Å².